The summed E-state index contributed by atoms with van der Waals surface area (Å²) in [7, 11) is 0. The van der Waals surface area contributed by atoms with Crippen molar-refractivity contribution in [3.05, 3.63) is 37.1 Å². The van der Waals surface area contributed by atoms with Crippen molar-refractivity contribution in [2.24, 2.45) is 0 Å². The average Bonchev–Trinajstić information content (AvgIpc) is 3.05. The normalized spacial score (nSPS) is 17.4. The van der Waals surface area contributed by atoms with Gasteiger partial charge in [0.15, 0.2) is 0 Å². The Hall–Kier alpha value is -2.21. The van der Waals surface area contributed by atoms with E-state index in [1.807, 2.05) is 26.0 Å². The second-order valence-corrected chi connectivity index (χ2v) is 5.41. The third kappa shape index (κ3) is 2.18. The van der Waals surface area contributed by atoms with Gasteiger partial charge in [0.2, 0.25) is 0 Å². The molecule has 0 radical (unpaired) electrons. The minimum Gasteiger partial charge on any atom is -0.359 e. The zero-order chi connectivity index (χ0) is 14.2. The third-order valence-electron chi connectivity index (χ3n) is 3.40. The van der Waals surface area contributed by atoms with E-state index in [2.05, 4.69) is 9.97 Å². The second kappa shape index (κ2) is 4.72. The van der Waals surface area contributed by atoms with E-state index in [1.165, 1.54) is 10.9 Å². The van der Waals surface area contributed by atoms with Gasteiger partial charge in [-0.1, -0.05) is 0 Å². The zero-order valence-corrected chi connectivity index (χ0v) is 11.5. The Morgan fingerprint density at radius 2 is 2.30 bits per heavy atom. The number of hydrogen-bond acceptors (Lipinski definition) is 4. The van der Waals surface area contributed by atoms with Gasteiger partial charge >= 0.3 is 6.03 Å². The number of carbonyl (C=O) groups excluding carboxylic acids is 1. The Morgan fingerprint density at radius 1 is 1.45 bits per heavy atom. The molecule has 104 valence electrons. The first-order valence-electron chi connectivity index (χ1n) is 6.42. The van der Waals surface area contributed by atoms with Crippen LogP contribution >= 0.6 is 0 Å². The summed E-state index contributed by atoms with van der Waals surface area (Å²) in [5.74, 6) is 0. The van der Waals surface area contributed by atoms with Crippen molar-refractivity contribution in [1.29, 1.82) is 0 Å². The molecule has 3 rings (SSSR count). The van der Waals surface area contributed by atoms with Crippen LogP contribution in [-0.2, 0) is 4.74 Å². The summed E-state index contributed by atoms with van der Waals surface area (Å²) in [6.45, 7) is 4.82. The molecule has 0 unspecified atom stereocenters. The summed E-state index contributed by atoms with van der Waals surface area (Å²) in [6.07, 6.45) is 6.67. The molecule has 1 saturated heterocycles. The maximum absolute atomic E-state index is 12.5. The molecule has 1 aliphatic heterocycles. The maximum Gasteiger partial charge on any atom is 0.331 e. The first kappa shape index (κ1) is 12.8. The number of nitrogens with zero attached hydrogens (tertiary/aromatic N) is 4. The topological polar surface area (TPSA) is 60.2 Å². The molecular weight excluding hydrogens is 256 g/mol. The predicted octanol–water partition coefficient (Wildman–Crippen LogP) is 1.98. The van der Waals surface area contributed by atoms with E-state index in [0.29, 0.717) is 13.3 Å². The fraction of sp³-hybridized carbons (Fsp3) is 0.357. The Bertz CT molecular complexity index is 621. The number of pyridine rings is 1. The fourth-order valence-corrected chi connectivity index (χ4v) is 2.18. The predicted molar refractivity (Wildman–Crippen MR) is 73.0 cm³/mol. The van der Waals surface area contributed by atoms with Gasteiger partial charge in [0.05, 0.1) is 17.8 Å². The molecule has 2 aromatic rings. The van der Waals surface area contributed by atoms with Crippen molar-refractivity contribution >= 4 is 6.03 Å². The molecule has 0 spiro atoms. The molecule has 0 atom stereocenters. The Kier molecular flexibility index (Phi) is 3.02. The minimum absolute atomic E-state index is 0.129. The van der Waals surface area contributed by atoms with Crippen molar-refractivity contribution in [3.8, 4) is 11.3 Å². The number of rotatable bonds is 1. The first-order chi connectivity index (χ1) is 9.58. The van der Waals surface area contributed by atoms with Crippen LogP contribution in [0.15, 0.2) is 37.1 Å². The number of amides is 1. The lowest BCUT2D eigenvalue weighted by atomic mass is 10.1. The standard InChI is InChI=1S/C14H16N4O2/c1-14(2)8-20-10-18(14)13(19)17-7-12(16-9-17)11-4-3-5-15-6-11/h3-7,9H,8,10H2,1-2H3. The van der Waals surface area contributed by atoms with Crippen LogP contribution in [0.3, 0.4) is 0 Å². The highest BCUT2D eigenvalue weighted by atomic mass is 16.5. The van der Waals surface area contributed by atoms with Gasteiger partial charge in [-0.2, -0.15) is 0 Å². The monoisotopic (exact) mass is 272 g/mol. The van der Waals surface area contributed by atoms with Gasteiger partial charge in [-0.15, -0.1) is 0 Å². The molecule has 20 heavy (non-hydrogen) atoms. The highest BCUT2D eigenvalue weighted by molar-refractivity contribution is 5.79. The minimum atomic E-state index is -0.296. The van der Waals surface area contributed by atoms with Crippen molar-refractivity contribution in [3.63, 3.8) is 0 Å². The van der Waals surface area contributed by atoms with Crippen molar-refractivity contribution < 1.29 is 9.53 Å². The molecule has 6 nitrogen and oxygen atoms in total. The van der Waals surface area contributed by atoms with Crippen LogP contribution in [-0.4, -0.2) is 44.3 Å². The largest absolute Gasteiger partial charge is 0.359 e. The van der Waals surface area contributed by atoms with Crippen LogP contribution in [0, 0.1) is 0 Å². The van der Waals surface area contributed by atoms with Crippen LogP contribution in [0.4, 0.5) is 4.79 Å². The quantitative estimate of drug-likeness (QED) is 0.796. The summed E-state index contributed by atoms with van der Waals surface area (Å²) < 4.78 is 6.85. The van der Waals surface area contributed by atoms with Gasteiger partial charge in [-0.25, -0.2) is 9.78 Å². The maximum atomic E-state index is 12.5. The molecule has 2 aromatic heterocycles. The number of carbonyl (C=O) groups is 1. The van der Waals surface area contributed by atoms with Crippen LogP contribution < -0.4 is 0 Å². The molecule has 6 heteroatoms. The van der Waals surface area contributed by atoms with Crippen LogP contribution in [0.1, 0.15) is 13.8 Å². The van der Waals surface area contributed by atoms with Gasteiger partial charge < -0.3 is 4.74 Å². The van der Waals surface area contributed by atoms with Crippen LogP contribution in [0.25, 0.3) is 11.3 Å². The summed E-state index contributed by atoms with van der Waals surface area (Å²) in [4.78, 5) is 22.5. The Morgan fingerprint density at radius 3 is 2.95 bits per heavy atom. The second-order valence-electron chi connectivity index (χ2n) is 5.41. The lowest BCUT2D eigenvalue weighted by Crippen LogP contribution is -2.45. The fourth-order valence-electron chi connectivity index (χ4n) is 2.18. The summed E-state index contributed by atoms with van der Waals surface area (Å²) in [6, 6.07) is 3.62. The third-order valence-corrected chi connectivity index (χ3v) is 3.40. The van der Waals surface area contributed by atoms with Crippen molar-refractivity contribution in [1.82, 2.24) is 19.4 Å². The summed E-state index contributed by atoms with van der Waals surface area (Å²) >= 11 is 0. The van der Waals surface area contributed by atoms with Crippen LogP contribution in [0.5, 0.6) is 0 Å². The molecule has 0 aromatic carbocycles. The smallest absolute Gasteiger partial charge is 0.331 e. The number of ether oxygens (including phenoxy) is 1. The van der Waals surface area contributed by atoms with E-state index < -0.39 is 0 Å². The van der Waals surface area contributed by atoms with E-state index in [1.54, 1.807) is 23.5 Å². The summed E-state index contributed by atoms with van der Waals surface area (Å²) in [5.41, 5.74) is 1.32. The number of imidazole rings is 1. The molecule has 3 heterocycles. The molecular formula is C14H16N4O2. The van der Waals surface area contributed by atoms with Crippen LogP contribution in [0.2, 0.25) is 0 Å². The average molecular weight is 272 g/mol. The van der Waals surface area contributed by atoms with Crippen molar-refractivity contribution in [2.75, 3.05) is 13.3 Å². The van der Waals surface area contributed by atoms with E-state index in [9.17, 15) is 4.79 Å². The first-order valence-corrected chi connectivity index (χ1v) is 6.42. The lowest BCUT2D eigenvalue weighted by molar-refractivity contribution is 0.140. The molecule has 1 fully saturated rings. The van der Waals surface area contributed by atoms with Gasteiger partial charge in [0.1, 0.15) is 13.1 Å². The molecule has 1 aliphatic rings. The van der Waals surface area contributed by atoms with E-state index in [4.69, 9.17) is 4.74 Å². The van der Waals surface area contributed by atoms with Gasteiger partial charge in [0, 0.05) is 24.2 Å². The Balaban J connectivity index is 1.86. The molecule has 0 aliphatic carbocycles. The highest BCUT2D eigenvalue weighted by Gasteiger charge is 2.37. The van der Waals surface area contributed by atoms with Gasteiger partial charge in [-0.3, -0.25) is 14.5 Å². The van der Waals surface area contributed by atoms with E-state index >= 15 is 0 Å². The highest BCUT2D eigenvalue weighted by Crippen LogP contribution is 2.23. The number of hydrogen-bond donors (Lipinski definition) is 0. The van der Waals surface area contributed by atoms with Gasteiger partial charge in [0.25, 0.3) is 0 Å². The Labute approximate surface area is 117 Å². The zero-order valence-electron chi connectivity index (χ0n) is 11.5. The lowest BCUT2D eigenvalue weighted by Gasteiger charge is -2.28. The molecule has 0 bridgehead atoms. The van der Waals surface area contributed by atoms with E-state index in [0.717, 1.165) is 11.3 Å². The number of aromatic nitrogens is 3. The molecule has 0 N–H and O–H groups in total. The van der Waals surface area contributed by atoms with Crippen molar-refractivity contribution in [2.45, 2.75) is 19.4 Å². The molecule has 0 saturated carbocycles. The molecule has 1 amide bonds. The van der Waals surface area contributed by atoms with E-state index in [-0.39, 0.29) is 11.6 Å². The summed E-state index contributed by atoms with van der Waals surface area (Å²) in [5, 5.41) is 0. The van der Waals surface area contributed by atoms with Gasteiger partial charge in [-0.05, 0) is 26.0 Å². The SMILES string of the molecule is CC1(C)COCN1C(=O)n1cnc(-c2cccnc2)c1.